The predicted octanol–water partition coefficient (Wildman–Crippen LogP) is 5.47. The summed E-state index contributed by atoms with van der Waals surface area (Å²) in [5, 5.41) is 13.6. The van der Waals surface area contributed by atoms with Crippen LogP contribution in [-0.4, -0.2) is 32.0 Å². The second-order valence-electron chi connectivity index (χ2n) is 10.2. The van der Waals surface area contributed by atoms with Crippen LogP contribution in [0.4, 0.5) is 0 Å². The second kappa shape index (κ2) is 11.1. The van der Waals surface area contributed by atoms with Crippen molar-refractivity contribution in [1.29, 1.82) is 0 Å². The van der Waals surface area contributed by atoms with Gasteiger partial charge < -0.3 is 9.88 Å². The fraction of sp³-hybridized carbons (Fsp3) is 0.250. The van der Waals surface area contributed by atoms with Crippen molar-refractivity contribution < 1.29 is 4.79 Å². The quantitative estimate of drug-likeness (QED) is 0.277. The highest BCUT2D eigenvalue weighted by Gasteiger charge is 2.31. The van der Waals surface area contributed by atoms with E-state index in [1.54, 1.807) is 4.57 Å². The summed E-state index contributed by atoms with van der Waals surface area (Å²) in [5.41, 5.74) is 4.19. The molecule has 2 aromatic heterocycles. The van der Waals surface area contributed by atoms with E-state index in [1.165, 1.54) is 5.56 Å². The number of carbonyl (C=O) groups is 1. The zero-order valence-electron chi connectivity index (χ0n) is 21.7. The van der Waals surface area contributed by atoms with E-state index in [4.69, 9.17) is 0 Å². The third-order valence-electron chi connectivity index (χ3n) is 7.69. The summed E-state index contributed by atoms with van der Waals surface area (Å²) in [7, 11) is 0. The van der Waals surface area contributed by atoms with E-state index in [2.05, 4.69) is 46.0 Å². The number of benzene rings is 3. The molecular weight excluding hydrogens is 486 g/mol. The largest absolute Gasteiger partial charge is 0.356 e. The average molecular weight is 518 g/mol. The molecule has 39 heavy (non-hydrogen) atoms. The van der Waals surface area contributed by atoms with Crippen molar-refractivity contribution in [2.75, 3.05) is 6.54 Å². The fourth-order valence-corrected chi connectivity index (χ4v) is 5.52. The van der Waals surface area contributed by atoms with Gasteiger partial charge in [-0.3, -0.25) is 9.59 Å². The van der Waals surface area contributed by atoms with Gasteiger partial charge in [0.15, 0.2) is 0 Å². The molecule has 1 N–H and O–H groups in total. The monoisotopic (exact) mass is 517 g/mol. The highest BCUT2D eigenvalue weighted by molar-refractivity contribution is 5.81. The standard InChI is InChI=1S/C32H31N5O2/c38-31(33-17-7-18-36-19-16-24-10-4-5-13-29(24)32(36)39)27-14-15-28(21-27)37-22-30(34-35-37)26-12-6-11-25(20-26)23-8-2-1-3-9-23/h1-6,8-13,16,19-20,22,27-28H,7,14-15,17-18,21H2,(H,33,38). The molecule has 5 aromatic rings. The smallest absolute Gasteiger partial charge is 0.258 e. The summed E-state index contributed by atoms with van der Waals surface area (Å²) < 4.78 is 3.64. The first-order valence-electron chi connectivity index (χ1n) is 13.6. The Morgan fingerprint density at radius 3 is 2.59 bits per heavy atom. The topological polar surface area (TPSA) is 81.8 Å². The van der Waals surface area contributed by atoms with Crippen LogP contribution in [0.15, 0.2) is 102 Å². The molecule has 0 aliphatic heterocycles. The highest BCUT2D eigenvalue weighted by Crippen LogP contribution is 2.35. The van der Waals surface area contributed by atoms with E-state index < -0.39 is 0 Å². The van der Waals surface area contributed by atoms with Gasteiger partial charge in [-0.25, -0.2) is 4.68 Å². The molecule has 1 aliphatic rings. The molecule has 2 atom stereocenters. The van der Waals surface area contributed by atoms with Crippen LogP contribution in [0.5, 0.6) is 0 Å². The van der Waals surface area contributed by atoms with Crippen LogP contribution in [0.1, 0.15) is 31.7 Å². The summed E-state index contributed by atoms with van der Waals surface area (Å²) in [6.07, 6.45) is 7.02. The number of rotatable bonds is 8. The molecule has 3 aromatic carbocycles. The molecule has 0 radical (unpaired) electrons. The lowest BCUT2D eigenvalue weighted by atomic mass is 10.0. The maximum Gasteiger partial charge on any atom is 0.258 e. The first-order valence-corrected chi connectivity index (χ1v) is 13.6. The second-order valence-corrected chi connectivity index (χ2v) is 10.2. The number of aromatic nitrogens is 4. The number of nitrogens with zero attached hydrogens (tertiary/aromatic N) is 4. The van der Waals surface area contributed by atoms with Gasteiger partial charge in [0.1, 0.15) is 5.69 Å². The predicted molar refractivity (Wildman–Crippen MR) is 153 cm³/mol. The first-order chi connectivity index (χ1) is 19.2. The minimum atomic E-state index is -0.0348. The molecule has 6 rings (SSSR count). The van der Waals surface area contributed by atoms with Crippen LogP contribution in [0.25, 0.3) is 33.2 Å². The number of amides is 1. The third-order valence-corrected chi connectivity index (χ3v) is 7.69. The molecule has 0 spiro atoms. The lowest BCUT2D eigenvalue weighted by Gasteiger charge is -2.12. The summed E-state index contributed by atoms with van der Waals surface area (Å²) in [5.74, 6) is 0.0479. The Hall–Kier alpha value is -4.52. The molecule has 2 heterocycles. The average Bonchev–Trinajstić information content (AvgIpc) is 3.68. The Morgan fingerprint density at radius 2 is 1.69 bits per heavy atom. The van der Waals surface area contributed by atoms with E-state index in [-0.39, 0.29) is 23.4 Å². The summed E-state index contributed by atoms with van der Waals surface area (Å²) >= 11 is 0. The van der Waals surface area contributed by atoms with Gasteiger partial charge in [-0.15, -0.1) is 5.10 Å². The number of pyridine rings is 1. The summed E-state index contributed by atoms with van der Waals surface area (Å²) in [6, 6.07) is 28.4. The van der Waals surface area contributed by atoms with Crippen molar-refractivity contribution in [2.45, 2.75) is 38.3 Å². The van der Waals surface area contributed by atoms with E-state index in [0.29, 0.717) is 19.5 Å². The molecule has 1 amide bonds. The van der Waals surface area contributed by atoms with Crippen LogP contribution in [0.2, 0.25) is 0 Å². The Labute approximate surface area is 227 Å². The van der Waals surface area contributed by atoms with Gasteiger partial charge >= 0.3 is 0 Å². The summed E-state index contributed by atoms with van der Waals surface area (Å²) in [4.78, 5) is 25.5. The van der Waals surface area contributed by atoms with Gasteiger partial charge in [-0.2, -0.15) is 0 Å². The molecule has 7 nitrogen and oxygen atoms in total. The minimum Gasteiger partial charge on any atom is -0.356 e. The maximum atomic E-state index is 12.8. The van der Waals surface area contributed by atoms with Crippen LogP contribution < -0.4 is 10.9 Å². The zero-order valence-corrected chi connectivity index (χ0v) is 21.7. The van der Waals surface area contributed by atoms with E-state index in [1.807, 2.05) is 71.7 Å². The molecule has 2 unspecified atom stereocenters. The van der Waals surface area contributed by atoms with Crippen molar-refractivity contribution in [3.8, 4) is 22.4 Å². The Morgan fingerprint density at radius 1 is 0.897 bits per heavy atom. The van der Waals surface area contributed by atoms with Crippen molar-refractivity contribution >= 4 is 16.7 Å². The number of hydrogen-bond acceptors (Lipinski definition) is 4. The fourth-order valence-electron chi connectivity index (χ4n) is 5.52. The molecule has 1 saturated carbocycles. The Bertz CT molecular complexity index is 1660. The number of hydrogen-bond donors (Lipinski definition) is 1. The van der Waals surface area contributed by atoms with Crippen LogP contribution in [-0.2, 0) is 11.3 Å². The molecular formula is C32H31N5O2. The van der Waals surface area contributed by atoms with E-state index >= 15 is 0 Å². The SMILES string of the molecule is O=C(NCCCn1ccc2ccccc2c1=O)C1CCC(n2cc(-c3cccc(-c4ccccc4)c3)nn2)C1. The van der Waals surface area contributed by atoms with Crippen molar-refractivity contribution in [2.24, 2.45) is 5.92 Å². The maximum absolute atomic E-state index is 12.8. The normalized spacial score (nSPS) is 16.9. The van der Waals surface area contributed by atoms with Gasteiger partial charge in [0.05, 0.1) is 12.2 Å². The van der Waals surface area contributed by atoms with E-state index in [9.17, 15) is 9.59 Å². The van der Waals surface area contributed by atoms with Crippen LogP contribution in [0.3, 0.4) is 0 Å². The van der Waals surface area contributed by atoms with Gasteiger partial charge in [-0.05, 0) is 60.4 Å². The molecule has 1 aliphatic carbocycles. The molecule has 1 fully saturated rings. The molecule has 196 valence electrons. The number of aryl methyl sites for hydroxylation is 1. The van der Waals surface area contributed by atoms with E-state index in [0.717, 1.165) is 46.9 Å². The first kappa shape index (κ1) is 24.8. The molecule has 0 saturated heterocycles. The summed E-state index contributed by atoms with van der Waals surface area (Å²) in [6.45, 7) is 1.12. The van der Waals surface area contributed by atoms with Crippen molar-refractivity contribution in [3.63, 3.8) is 0 Å². The Balaban J connectivity index is 1.02. The third kappa shape index (κ3) is 5.39. The number of fused-ring (bicyclic) bond motifs is 1. The van der Waals surface area contributed by atoms with Crippen molar-refractivity contribution in [3.05, 3.63) is 108 Å². The number of nitrogens with one attached hydrogen (secondary N) is 1. The lowest BCUT2D eigenvalue weighted by molar-refractivity contribution is -0.124. The van der Waals surface area contributed by atoms with Gasteiger partial charge in [0, 0.05) is 36.2 Å². The van der Waals surface area contributed by atoms with Gasteiger partial charge in [0.25, 0.3) is 5.56 Å². The molecule has 7 heteroatoms. The minimum absolute atomic E-state index is 0.0112. The van der Waals surface area contributed by atoms with Gasteiger partial charge in [-0.1, -0.05) is 71.9 Å². The zero-order chi connectivity index (χ0) is 26.6. The highest BCUT2D eigenvalue weighted by atomic mass is 16.2. The van der Waals surface area contributed by atoms with Crippen LogP contribution in [0, 0.1) is 5.92 Å². The Kier molecular flexibility index (Phi) is 7.04. The molecule has 0 bridgehead atoms. The van der Waals surface area contributed by atoms with Gasteiger partial charge in [0.2, 0.25) is 5.91 Å². The lowest BCUT2D eigenvalue weighted by Crippen LogP contribution is -2.31. The number of carbonyl (C=O) groups excluding carboxylic acids is 1. The van der Waals surface area contributed by atoms with Crippen LogP contribution >= 0.6 is 0 Å². The van der Waals surface area contributed by atoms with Crippen molar-refractivity contribution in [1.82, 2.24) is 24.9 Å².